The largest absolute Gasteiger partial charge is 0.508 e. The molecule has 0 bridgehead atoms. The summed E-state index contributed by atoms with van der Waals surface area (Å²) in [7, 11) is 0. The fourth-order valence-corrected chi connectivity index (χ4v) is 1.76. The van der Waals surface area contributed by atoms with Crippen LogP contribution in [-0.4, -0.2) is 5.11 Å². The third kappa shape index (κ3) is 3.44. The minimum Gasteiger partial charge on any atom is -0.508 e. The molecule has 0 aliphatic rings. The molecule has 0 saturated carbocycles. The molecule has 0 fully saturated rings. The third-order valence-corrected chi connectivity index (χ3v) is 2.91. The Morgan fingerprint density at radius 3 is 2.63 bits per heavy atom. The van der Waals surface area contributed by atoms with Gasteiger partial charge in [-0.1, -0.05) is 24.3 Å². The highest BCUT2D eigenvalue weighted by molar-refractivity contribution is 5.51. The van der Waals surface area contributed by atoms with Gasteiger partial charge in [0.1, 0.15) is 5.75 Å². The van der Waals surface area contributed by atoms with Crippen molar-refractivity contribution < 1.29 is 13.9 Å². The molecule has 0 spiro atoms. The van der Waals surface area contributed by atoms with E-state index in [1.165, 1.54) is 12.1 Å². The maximum atomic E-state index is 12.6. The maximum absolute atomic E-state index is 12.6. The average Bonchev–Trinajstić information content (AvgIpc) is 2.40. The van der Waals surface area contributed by atoms with Gasteiger partial charge in [0.05, 0.1) is 0 Å². The van der Waals surface area contributed by atoms with Crippen molar-refractivity contribution in [1.29, 1.82) is 0 Å². The third-order valence-electron chi connectivity index (χ3n) is 2.91. The van der Waals surface area contributed by atoms with Gasteiger partial charge in [-0.05, 0) is 30.2 Å². The van der Waals surface area contributed by atoms with Gasteiger partial charge in [0, 0.05) is 23.9 Å². The SMILES string of the molecule is Cc1ccc(NCc2cccc(C(F)F)c2)cc1O. The molecule has 0 unspecified atom stereocenters. The van der Waals surface area contributed by atoms with Gasteiger partial charge >= 0.3 is 0 Å². The average molecular weight is 263 g/mol. The van der Waals surface area contributed by atoms with E-state index < -0.39 is 6.43 Å². The lowest BCUT2D eigenvalue weighted by Crippen LogP contribution is -2.00. The van der Waals surface area contributed by atoms with Crippen molar-refractivity contribution >= 4 is 5.69 Å². The van der Waals surface area contributed by atoms with Gasteiger partial charge in [-0.2, -0.15) is 0 Å². The number of benzene rings is 2. The zero-order chi connectivity index (χ0) is 13.8. The van der Waals surface area contributed by atoms with Crippen LogP contribution in [0.3, 0.4) is 0 Å². The van der Waals surface area contributed by atoms with Crippen molar-refractivity contribution in [1.82, 2.24) is 0 Å². The van der Waals surface area contributed by atoms with E-state index in [-0.39, 0.29) is 11.3 Å². The van der Waals surface area contributed by atoms with Gasteiger partial charge in [-0.25, -0.2) is 8.78 Å². The number of aromatic hydroxyl groups is 1. The Kier molecular flexibility index (Phi) is 4.00. The van der Waals surface area contributed by atoms with Gasteiger partial charge < -0.3 is 10.4 Å². The van der Waals surface area contributed by atoms with Gasteiger partial charge in [0.15, 0.2) is 0 Å². The summed E-state index contributed by atoms with van der Waals surface area (Å²) in [5.74, 6) is 0.214. The lowest BCUT2D eigenvalue weighted by atomic mass is 10.1. The number of alkyl halides is 2. The molecule has 19 heavy (non-hydrogen) atoms. The van der Waals surface area contributed by atoms with Crippen LogP contribution in [0.2, 0.25) is 0 Å². The van der Waals surface area contributed by atoms with Gasteiger partial charge in [-0.15, -0.1) is 0 Å². The molecule has 0 aliphatic carbocycles. The lowest BCUT2D eigenvalue weighted by Gasteiger charge is -2.09. The Balaban J connectivity index is 2.05. The molecule has 0 heterocycles. The Hall–Kier alpha value is -2.10. The molecule has 0 saturated heterocycles. The van der Waals surface area contributed by atoms with Crippen molar-refractivity contribution in [3.05, 3.63) is 59.2 Å². The summed E-state index contributed by atoms with van der Waals surface area (Å²) in [6.45, 7) is 2.24. The van der Waals surface area contributed by atoms with E-state index in [0.717, 1.165) is 16.8 Å². The molecule has 0 aromatic heterocycles. The van der Waals surface area contributed by atoms with Crippen LogP contribution in [0.25, 0.3) is 0 Å². The molecule has 2 aromatic carbocycles. The molecule has 0 radical (unpaired) electrons. The molecule has 0 atom stereocenters. The summed E-state index contributed by atoms with van der Waals surface area (Å²) >= 11 is 0. The molecule has 2 nitrogen and oxygen atoms in total. The van der Waals surface area contributed by atoms with E-state index >= 15 is 0 Å². The molecule has 2 N–H and O–H groups in total. The summed E-state index contributed by atoms with van der Waals surface area (Å²) in [4.78, 5) is 0. The number of aryl methyl sites for hydroxylation is 1. The number of halogens is 2. The monoisotopic (exact) mass is 263 g/mol. The summed E-state index contributed by atoms with van der Waals surface area (Å²) < 4.78 is 25.1. The highest BCUT2D eigenvalue weighted by atomic mass is 19.3. The molecule has 0 amide bonds. The minimum absolute atomic E-state index is 0.0195. The lowest BCUT2D eigenvalue weighted by molar-refractivity contribution is 0.151. The molecular weight excluding hydrogens is 248 g/mol. The molecule has 2 rings (SSSR count). The van der Waals surface area contributed by atoms with Gasteiger partial charge in [0.2, 0.25) is 0 Å². The second-order valence-corrected chi connectivity index (χ2v) is 4.40. The van der Waals surface area contributed by atoms with Crippen molar-refractivity contribution in [2.24, 2.45) is 0 Å². The van der Waals surface area contributed by atoms with Crippen molar-refractivity contribution in [3.63, 3.8) is 0 Å². The maximum Gasteiger partial charge on any atom is 0.263 e. The Morgan fingerprint density at radius 2 is 1.95 bits per heavy atom. The van der Waals surface area contributed by atoms with E-state index in [9.17, 15) is 13.9 Å². The van der Waals surface area contributed by atoms with Crippen molar-refractivity contribution in [2.45, 2.75) is 19.9 Å². The van der Waals surface area contributed by atoms with Crippen LogP contribution in [0.1, 0.15) is 23.1 Å². The van der Waals surface area contributed by atoms with E-state index in [1.807, 2.05) is 13.0 Å². The summed E-state index contributed by atoms with van der Waals surface area (Å²) in [5, 5.41) is 12.7. The minimum atomic E-state index is -2.46. The van der Waals surface area contributed by atoms with Crippen LogP contribution in [0.15, 0.2) is 42.5 Å². The predicted molar refractivity (Wildman–Crippen MR) is 71.6 cm³/mol. The number of phenolic OH excluding ortho intramolecular Hbond substituents is 1. The van der Waals surface area contributed by atoms with Crippen LogP contribution in [0.5, 0.6) is 5.75 Å². The molecule has 2 aromatic rings. The number of hydrogen-bond acceptors (Lipinski definition) is 2. The Morgan fingerprint density at radius 1 is 1.16 bits per heavy atom. The van der Waals surface area contributed by atoms with Crippen LogP contribution in [0.4, 0.5) is 14.5 Å². The number of rotatable bonds is 4. The fourth-order valence-electron chi connectivity index (χ4n) is 1.76. The number of hydrogen-bond donors (Lipinski definition) is 2. The van der Waals surface area contributed by atoms with Crippen LogP contribution in [-0.2, 0) is 6.54 Å². The molecule has 0 aliphatic heterocycles. The fraction of sp³-hybridized carbons (Fsp3) is 0.200. The van der Waals surface area contributed by atoms with Crippen molar-refractivity contribution in [2.75, 3.05) is 5.32 Å². The quantitative estimate of drug-likeness (QED) is 0.864. The van der Waals surface area contributed by atoms with Gasteiger partial charge in [-0.3, -0.25) is 0 Å². The molecular formula is C15H15F2NO. The van der Waals surface area contributed by atoms with E-state index in [1.54, 1.807) is 24.3 Å². The number of anilines is 1. The summed E-state index contributed by atoms with van der Waals surface area (Å²) in [6, 6.07) is 11.5. The topological polar surface area (TPSA) is 32.3 Å². The highest BCUT2D eigenvalue weighted by Crippen LogP contribution is 2.22. The summed E-state index contributed by atoms with van der Waals surface area (Å²) in [6.07, 6.45) is -2.46. The molecule has 100 valence electrons. The first-order valence-electron chi connectivity index (χ1n) is 5.97. The smallest absolute Gasteiger partial charge is 0.263 e. The standard InChI is InChI=1S/C15H15F2NO/c1-10-5-6-13(8-14(10)19)18-9-11-3-2-4-12(7-11)15(16)17/h2-8,15,18-19H,9H2,1H3. The van der Waals surface area contributed by atoms with Crippen LogP contribution < -0.4 is 5.32 Å². The molecule has 4 heteroatoms. The first kappa shape index (κ1) is 13.3. The first-order valence-corrected chi connectivity index (χ1v) is 5.97. The van der Waals surface area contributed by atoms with E-state index in [4.69, 9.17) is 0 Å². The normalized spacial score (nSPS) is 10.7. The second kappa shape index (κ2) is 5.69. The van der Waals surface area contributed by atoms with Gasteiger partial charge in [0.25, 0.3) is 6.43 Å². The Bertz CT molecular complexity index is 570. The summed E-state index contributed by atoms with van der Waals surface area (Å²) in [5.41, 5.74) is 2.35. The zero-order valence-electron chi connectivity index (χ0n) is 10.5. The number of phenols is 1. The highest BCUT2D eigenvalue weighted by Gasteiger charge is 2.06. The Labute approximate surface area is 110 Å². The second-order valence-electron chi connectivity index (χ2n) is 4.40. The first-order chi connectivity index (χ1) is 9.06. The zero-order valence-corrected chi connectivity index (χ0v) is 10.5. The predicted octanol–water partition coefficient (Wildman–Crippen LogP) is 4.25. The van der Waals surface area contributed by atoms with E-state index in [0.29, 0.717) is 6.54 Å². The van der Waals surface area contributed by atoms with Crippen LogP contribution in [0, 0.1) is 6.92 Å². The number of nitrogens with one attached hydrogen (secondary N) is 1. The van der Waals surface area contributed by atoms with E-state index in [2.05, 4.69) is 5.32 Å². The van der Waals surface area contributed by atoms with Crippen molar-refractivity contribution in [3.8, 4) is 5.75 Å². The van der Waals surface area contributed by atoms with Crippen LogP contribution >= 0.6 is 0 Å².